The monoisotopic (exact) mass is 328 g/mol. The zero-order valence-corrected chi connectivity index (χ0v) is 15.5. The van der Waals surface area contributed by atoms with Crippen LogP contribution in [-0.4, -0.2) is 50.2 Å². The van der Waals surface area contributed by atoms with Crippen molar-refractivity contribution in [2.24, 2.45) is 7.05 Å². The number of hydrogen-bond donors (Lipinski definition) is 0. The molecule has 2 aromatic heterocycles. The molecule has 0 spiro atoms. The summed E-state index contributed by atoms with van der Waals surface area (Å²) < 4.78 is 1.98. The van der Waals surface area contributed by atoms with Crippen LogP contribution >= 0.6 is 0 Å². The summed E-state index contributed by atoms with van der Waals surface area (Å²) in [4.78, 5) is 14.0. The van der Waals surface area contributed by atoms with E-state index in [0.29, 0.717) is 6.04 Å². The normalized spacial score (nSPS) is 18.7. The number of aryl methyl sites for hydroxylation is 2. The molecule has 6 nitrogen and oxygen atoms in total. The molecule has 0 amide bonds. The highest BCUT2D eigenvalue weighted by atomic mass is 15.3. The Morgan fingerprint density at radius 3 is 2.75 bits per heavy atom. The van der Waals surface area contributed by atoms with Gasteiger partial charge in [0.25, 0.3) is 0 Å². The second-order valence-electron chi connectivity index (χ2n) is 7.05. The van der Waals surface area contributed by atoms with Crippen LogP contribution in [0.4, 0.5) is 0 Å². The van der Waals surface area contributed by atoms with Gasteiger partial charge in [-0.1, -0.05) is 0 Å². The summed E-state index contributed by atoms with van der Waals surface area (Å²) >= 11 is 0. The zero-order valence-electron chi connectivity index (χ0n) is 15.5. The lowest BCUT2D eigenvalue weighted by Gasteiger charge is -2.24. The maximum atomic E-state index is 4.82. The van der Waals surface area contributed by atoms with Crippen molar-refractivity contribution in [1.82, 2.24) is 29.5 Å². The molecule has 130 valence electrons. The molecule has 24 heavy (non-hydrogen) atoms. The van der Waals surface area contributed by atoms with E-state index >= 15 is 0 Å². The molecule has 3 heterocycles. The molecule has 6 heteroatoms. The van der Waals surface area contributed by atoms with Crippen LogP contribution in [0.15, 0.2) is 12.3 Å². The van der Waals surface area contributed by atoms with Crippen LogP contribution in [0, 0.1) is 13.8 Å². The Morgan fingerprint density at radius 1 is 1.29 bits per heavy atom. The van der Waals surface area contributed by atoms with Gasteiger partial charge in [0.15, 0.2) is 0 Å². The summed E-state index contributed by atoms with van der Waals surface area (Å²) in [6, 6.07) is 2.32. The van der Waals surface area contributed by atoms with Crippen LogP contribution in [-0.2, 0) is 20.1 Å². The van der Waals surface area contributed by atoms with Gasteiger partial charge in [-0.05, 0) is 53.4 Å². The maximum Gasteiger partial charge on any atom is 0.145 e. The van der Waals surface area contributed by atoms with Crippen molar-refractivity contribution in [3.8, 4) is 0 Å². The SMILES string of the molecule is Cc1nn(C)c(C)c1CN1CCC[C@H]1c1nccc(CN(C)C)n1. The van der Waals surface area contributed by atoms with Gasteiger partial charge in [-0.15, -0.1) is 0 Å². The van der Waals surface area contributed by atoms with Crippen molar-refractivity contribution in [1.29, 1.82) is 0 Å². The van der Waals surface area contributed by atoms with Gasteiger partial charge in [0, 0.05) is 37.6 Å². The number of aromatic nitrogens is 4. The van der Waals surface area contributed by atoms with Gasteiger partial charge in [0.2, 0.25) is 0 Å². The Labute approximate surface area is 144 Å². The molecule has 0 N–H and O–H groups in total. The summed E-state index contributed by atoms with van der Waals surface area (Å²) in [6.45, 7) is 7.12. The van der Waals surface area contributed by atoms with Crippen molar-refractivity contribution in [2.45, 2.75) is 45.8 Å². The maximum absolute atomic E-state index is 4.82. The predicted octanol–water partition coefficient (Wildman–Crippen LogP) is 2.23. The molecule has 0 saturated carbocycles. The topological polar surface area (TPSA) is 50.1 Å². The zero-order chi connectivity index (χ0) is 17.3. The van der Waals surface area contributed by atoms with Crippen LogP contribution in [0.5, 0.6) is 0 Å². The molecule has 3 rings (SSSR count). The number of nitrogens with zero attached hydrogens (tertiary/aromatic N) is 6. The predicted molar refractivity (Wildman–Crippen MR) is 94.5 cm³/mol. The Balaban J connectivity index is 1.80. The van der Waals surface area contributed by atoms with Gasteiger partial charge in [0.05, 0.1) is 17.4 Å². The third-order valence-corrected chi connectivity index (χ3v) is 4.89. The second kappa shape index (κ2) is 6.99. The number of likely N-dealkylation sites (tertiary alicyclic amines) is 1. The van der Waals surface area contributed by atoms with Crippen LogP contribution < -0.4 is 0 Å². The standard InChI is InChI=1S/C18H28N6/c1-13-16(14(2)23(5)21-13)12-24-10-6-7-17(24)18-19-9-8-15(20-18)11-22(3)4/h8-9,17H,6-7,10-12H2,1-5H3/t17-/m0/s1. The summed E-state index contributed by atoms with van der Waals surface area (Å²) in [7, 11) is 6.15. The molecule has 1 fully saturated rings. The summed E-state index contributed by atoms with van der Waals surface area (Å²) in [5, 5.41) is 4.55. The fraction of sp³-hybridized carbons (Fsp3) is 0.611. The lowest BCUT2D eigenvalue weighted by molar-refractivity contribution is 0.238. The Morgan fingerprint density at radius 2 is 2.08 bits per heavy atom. The molecule has 2 aromatic rings. The van der Waals surface area contributed by atoms with E-state index in [1.165, 1.54) is 17.7 Å². The van der Waals surface area contributed by atoms with Crippen molar-refractivity contribution in [2.75, 3.05) is 20.6 Å². The molecule has 1 saturated heterocycles. The van der Waals surface area contributed by atoms with Gasteiger partial charge in [-0.2, -0.15) is 5.10 Å². The van der Waals surface area contributed by atoms with E-state index in [0.717, 1.165) is 43.3 Å². The molecular formula is C18H28N6. The van der Waals surface area contributed by atoms with Crippen molar-refractivity contribution < 1.29 is 0 Å². The van der Waals surface area contributed by atoms with E-state index in [1.807, 2.05) is 24.0 Å². The summed E-state index contributed by atoms with van der Waals surface area (Å²) in [6.07, 6.45) is 4.23. The molecular weight excluding hydrogens is 300 g/mol. The van der Waals surface area contributed by atoms with Gasteiger partial charge in [-0.25, -0.2) is 9.97 Å². The minimum atomic E-state index is 0.311. The summed E-state index contributed by atoms with van der Waals surface area (Å²) in [5.74, 6) is 0.964. The van der Waals surface area contributed by atoms with Crippen molar-refractivity contribution in [3.05, 3.63) is 40.7 Å². The van der Waals surface area contributed by atoms with E-state index in [-0.39, 0.29) is 0 Å². The highest BCUT2D eigenvalue weighted by Crippen LogP contribution is 2.32. The smallest absolute Gasteiger partial charge is 0.145 e. The largest absolute Gasteiger partial charge is 0.304 e. The third-order valence-electron chi connectivity index (χ3n) is 4.89. The fourth-order valence-electron chi connectivity index (χ4n) is 3.54. The second-order valence-corrected chi connectivity index (χ2v) is 7.05. The van der Waals surface area contributed by atoms with Crippen LogP contribution in [0.3, 0.4) is 0 Å². The van der Waals surface area contributed by atoms with Crippen molar-refractivity contribution >= 4 is 0 Å². The Hall–Kier alpha value is -1.79. The molecule has 1 aliphatic rings. The molecule has 0 radical (unpaired) electrons. The van der Waals surface area contributed by atoms with Crippen LogP contribution in [0.2, 0.25) is 0 Å². The molecule has 0 aromatic carbocycles. The molecule has 1 atom stereocenters. The van der Waals surface area contributed by atoms with E-state index in [1.54, 1.807) is 0 Å². The number of rotatable bonds is 5. The molecule has 0 bridgehead atoms. The van der Waals surface area contributed by atoms with E-state index in [2.05, 4.69) is 47.8 Å². The van der Waals surface area contributed by atoms with Gasteiger partial charge in [-0.3, -0.25) is 9.58 Å². The van der Waals surface area contributed by atoms with Crippen LogP contribution in [0.1, 0.15) is 47.4 Å². The van der Waals surface area contributed by atoms with Gasteiger partial charge >= 0.3 is 0 Å². The first-order valence-corrected chi connectivity index (χ1v) is 8.65. The summed E-state index contributed by atoms with van der Waals surface area (Å²) in [5.41, 5.74) is 4.81. The lowest BCUT2D eigenvalue weighted by atomic mass is 10.1. The van der Waals surface area contributed by atoms with Gasteiger partial charge < -0.3 is 4.90 Å². The van der Waals surface area contributed by atoms with E-state index in [9.17, 15) is 0 Å². The third kappa shape index (κ3) is 3.49. The van der Waals surface area contributed by atoms with Crippen molar-refractivity contribution in [3.63, 3.8) is 0 Å². The fourth-order valence-corrected chi connectivity index (χ4v) is 3.54. The molecule has 0 unspecified atom stereocenters. The quantitative estimate of drug-likeness (QED) is 0.842. The average molecular weight is 328 g/mol. The minimum absolute atomic E-state index is 0.311. The van der Waals surface area contributed by atoms with Gasteiger partial charge in [0.1, 0.15) is 5.82 Å². The first-order chi connectivity index (χ1) is 11.5. The first kappa shape index (κ1) is 17.0. The Bertz CT molecular complexity index is 706. The highest BCUT2D eigenvalue weighted by Gasteiger charge is 2.29. The van der Waals surface area contributed by atoms with E-state index in [4.69, 9.17) is 4.98 Å². The first-order valence-electron chi connectivity index (χ1n) is 8.65. The number of hydrogen-bond acceptors (Lipinski definition) is 5. The Kier molecular flexibility index (Phi) is 4.96. The lowest BCUT2D eigenvalue weighted by Crippen LogP contribution is -2.25. The highest BCUT2D eigenvalue weighted by molar-refractivity contribution is 5.24. The average Bonchev–Trinajstić information content (AvgIpc) is 3.07. The molecule has 1 aliphatic heterocycles. The van der Waals surface area contributed by atoms with Crippen LogP contribution in [0.25, 0.3) is 0 Å². The minimum Gasteiger partial charge on any atom is -0.304 e. The van der Waals surface area contributed by atoms with E-state index < -0.39 is 0 Å². The molecule has 0 aliphatic carbocycles.